The Morgan fingerprint density at radius 1 is 1.04 bits per heavy atom. The zero-order valence-corrected chi connectivity index (χ0v) is 14.2. The Bertz CT molecular complexity index is 678. The average Bonchev–Trinajstić information content (AvgIpc) is 2.61. The van der Waals surface area contributed by atoms with Crippen molar-refractivity contribution in [2.24, 2.45) is 10.4 Å². The summed E-state index contributed by atoms with van der Waals surface area (Å²) >= 11 is 0. The molecule has 2 aromatic carbocycles. The Kier molecular flexibility index (Phi) is 5.47. The molecule has 2 aromatic rings. The standard InChI is InChI=1S/C22H25NO/c1-19-16-22(13-15-24-19,17-20-8-4-2-5-9-20)12-14-23-18-21-10-6-3-7-11-21/h2-11,18H,1,12-17H2. The van der Waals surface area contributed by atoms with Gasteiger partial charge in [-0.15, -0.1) is 0 Å². The van der Waals surface area contributed by atoms with Gasteiger partial charge in [-0.2, -0.15) is 0 Å². The van der Waals surface area contributed by atoms with Crippen LogP contribution in [0, 0.1) is 5.41 Å². The normalized spacial score (nSPS) is 20.9. The van der Waals surface area contributed by atoms with E-state index in [2.05, 4.69) is 54.0 Å². The predicted octanol–water partition coefficient (Wildman–Crippen LogP) is 5.05. The van der Waals surface area contributed by atoms with Crippen LogP contribution in [0.15, 0.2) is 78.0 Å². The zero-order valence-electron chi connectivity index (χ0n) is 14.2. The highest BCUT2D eigenvalue weighted by atomic mass is 16.5. The third kappa shape index (κ3) is 4.58. The summed E-state index contributed by atoms with van der Waals surface area (Å²) in [7, 11) is 0. The second kappa shape index (κ2) is 7.96. The molecular weight excluding hydrogens is 294 g/mol. The predicted molar refractivity (Wildman–Crippen MR) is 100 cm³/mol. The van der Waals surface area contributed by atoms with Crippen LogP contribution in [0.1, 0.15) is 30.4 Å². The lowest BCUT2D eigenvalue weighted by atomic mass is 9.72. The molecule has 2 nitrogen and oxygen atoms in total. The fraction of sp³-hybridized carbons (Fsp3) is 0.318. The fourth-order valence-corrected chi connectivity index (χ4v) is 3.46. The third-order valence-corrected chi connectivity index (χ3v) is 4.74. The van der Waals surface area contributed by atoms with E-state index in [1.165, 1.54) is 5.56 Å². The number of ether oxygens (including phenoxy) is 1. The van der Waals surface area contributed by atoms with Crippen LogP contribution in [-0.2, 0) is 11.2 Å². The molecule has 1 saturated heterocycles. The van der Waals surface area contributed by atoms with Crippen molar-refractivity contribution in [3.05, 3.63) is 84.1 Å². The number of rotatable bonds is 6. The minimum absolute atomic E-state index is 0.213. The molecule has 0 saturated carbocycles. The molecule has 0 aromatic heterocycles. The van der Waals surface area contributed by atoms with Crippen LogP contribution in [0.4, 0.5) is 0 Å². The summed E-state index contributed by atoms with van der Waals surface area (Å²) in [6, 6.07) is 21.0. The van der Waals surface area contributed by atoms with Crippen molar-refractivity contribution in [1.82, 2.24) is 0 Å². The van der Waals surface area contributed by atoms with Gasteiger partial charge in [0, 0.05) is 19.2 Å². The van der Waals surface area contributed by atoms with E-state index in [1.807, 2.05) is 24.4 Å². The Hall–Kier alpha value is -2.35. The van der Waals surface area contributed by atoms with Gasteiger partial charge >= 0.3 is 0 Å². The van der Waals surface area contributed by atoms with Gasteiger partial charge in [-0.05, 0) is 35.8 Å². The third-order valence-electron chi connectivity index (χ3n) is 4.74. The summed E-state index contributed by atoms with van der Waals surface area (Å²) in [5, 5.41) is 0. The summed E-state index contributed by atoms with van der Waals surface area (Å²) in [5.74, 6) is 0.921. The highest BCUT2D eigenvalue weighted by Crippen LogP contribution is 2.41. The number of hydrogen-bond donors (Lipinski definition) is 0. The Morgan fingerprint density at radius 3 is 2.46 bits per heavy atom. The van der Waals surface area contributed by atoms with E-state index in [4.69, 9.17) is 4.74 Å². The molecule has 0 aliphatic carbocycles. The monoisotopic (exact) mass is 319 g/mol. The molecule has 0 bridgehead atoms. The first-order valence-corrected chi connectivity index (χ1v) is 8.65. The van der Waals surface area contributed by atoms with Crippen molar-refractivity contribution in [2.45, 2.75) is 25.7 Å². The maximum absolute atomic E-state index is 5.61. The van der Waals surface area contributed by atoms with Crippen LogP contribution < -0.4 is 0 Å². The lowest BCUT2D eigenvalue weighted by Crippen LogP contribution is -2.31. The van der Waals surface area contributed by atoms with Crippen molar-refractivity contribution >= 4 is 6.21 Å². The lowest BCUT2D eigenvalue weighted by molar-refractivity contribution is 0.0654. The molecule has 1 fully saturated rings. The summed E-state index contributed by atoms with van der Waals surface area (Å²) in [6.45, 7) is 5.68. The molecule has 1 aliphatic heterocycles. The molecule has 124 valence electrons. The maximum atomic E-state index is 5.61. The van der Waals surface area contributed by atoms with E-state index in [1.54, 1.807) is 0 Å². The van der Waals surface area contributed by atoms with Gasteiger partial charge in [-0.3, -0.25) is 4.99 Å². The quantitative estimate of drug-likeness (QED) is 0.683. The highest BCUT2D eigenvalue weighted by Gasteiger charge is 2.34. The molecule has 1 unspecified atom stereocenters. The Labute approximate surface area is 144 Å². The summed E-state index contributed by atoms with van der Waals surface area (Å²) in [5.41, 5.74) is 2.76. The van der Waals surface area contributed by atoms with Gasteiger partial charge in [-0.25, -0.2) is 0 Å². The maximum Gasteiger partial charge on any atom is 0.0893 e. The van der Waals surface area contributed by atoms with Crippen molar-refractivity contribution in [3.8, 4) is 0 Å². The first-order valence-electron chi connectivity index (χ1n) is 8.65. The van der Waals surface area contributed by atoms with Crippen LogP contribution in [0.2, 0.25) is 0 Å². The molecule has 0 amide bonds. The average molecular weight is 319 g/mol. The highest BCUT2D eigenvalue weighted by molar-refractivity contribution is 5.79. The van der Waals surface area contributed by atoms with Gasteiger partial charge in [0.25, 0.3) is 0 Å². The van der Waals surface area contributed by atoms with Crippen molar-refractivity contribution in [3.63, 3.8) is 0 Å². The number of benzene rings is 2. The molecular formula is C22H25NO. The molecule has 24 heavy (non-hydrogen) atoms. The van der Waals surface area contributed by atoms with Gasteiger partial charge in [0.2, 0.25) is 0 Å². The molecule has 0 N–H and O–H groups in total. The van der Waals surface area contributed by atoms with Crippen LogP contribution in [0.25, 0.3) is 0 Å². The van der Waals surface area contributed by atoms with Gasteiger partial charge < -0.3 is 4.74 Å². The van der Waals surface area contributed by atoms with Crippen molar-refractivity contribution in [1.29, 1.82) is 0 Å². The smallest absolute Gasteiger partial charge is 0.0893 e. The second-order valence-corrected chi connectivity index (χ2v) is 6.67. The summed E-state index contributed by atoms with van der Waals surface area (Å²) in [4.78, 5) is 4.65. The Balaban J connectivity index is 1.66. The van der Waals surface area contributed by atoms with Crippen LogP contribution in [0.5, 0.6) is 0 Å². The first-order chi connectivity index (χ1) is 11.8. The second-order valence-electron chi connectivity index (χ2n) is 6.67. The van der Waals surface area contributed by atoms with Gasteiger partial charge in [0.15, 0.2) is 0 Å². The Morgan fingerprint density at radius 2 is 1.75 bits per heavy atom. The number of hydrogen-bond acceptors (Lipinski definition) is 2. The number of allylic oxidation sites excluding steroid dienone is 1. The van der Waals surface area contributed by atoms with Gasteiger partial charge in [-0.1, -0.05) is 67.2 Å². The first kappa shape index (κ1) is 16.5. The minimum atomic E-state index is 0.213. The van der Waals surface area contributed by atoms with Crippen molar-refractivity contribution in [2.75, 3.05) is 13.2 Å². The zero-order chi connectivity index (χ0) is 16.7. The minimum Gasteiger partial charge on any atom is -0.499 e. The van der Waals surface area contributed by atoms with E-state index < -0.39 is 0 Å². The SMILES string of the molecule is C=C1CC(CCN=Cc2ccccc2)(Cc2ccccc2)CCO1. The van der Waals surface area contributed by atoms with Crippen LogP contribution in [0.3, 0.4) is 0 Å². The number of nitrogens with zero attached hydrogens (tertiary/aromatic N) is 1. The molecule has 1 heterocycles. The van der Waals surface area contributed by atoms with Gasteiger partial charge in [0.1, 0.15) is 0 Å². The van der Waals surface area contributed by atoms with Crippen molar-refractivity contribution < 1.29 is 4.74 Å². The molecule has 2 heteroatoms. The van der Waals surface area contributed by atoms with E-state index in [0.29, 0.717) is 0 Å². The fourth-order valence-electron chi connectivity index (χ4n) is 3.46. The largest absolute Gasteiger partial charge is 0.499 e. The molecule has 0 radical (unpaired) electrons. The number of aliphatic imine (C=N–C) groups is 1. The van der Waals surface area contributed by atoms with E-state index >= 15 is 0 Å². The van der Waals surface area contributed by atoms with E-state index in [-0.39, 0.29) is 5.41 Å². The van der Waals surface area contributed by atoms with E-state index in [0.717, 1.165) is 50.2 Å². The van der Waals surface area contributed by atoms with Gasteiger partial charge in [0.05, 0.1) is 12.4 Å². The summed E-state index contributed by atoms with van der Waals surface area (Å²) in [6.07, 6.45) is 6.11. The molecule has 0 spiro atoms. The lowest BCUT2D eigenvalue weighted by Gasteiger charge is -2.38. The molecule has 1 atom stereocenters. The topological polar surface area (TPSA) is 21.6 Å². The molecule has 1 aliphatic rings. The van der Waals surface area contributed by atoms with Crippen LogP contribution >= 0.6 is 0 Å². The summed E-state index contributed by atoms with van der Waals surface area (Å²) < 4.78 is 5.61. The van der Waals surface area contributed by atoms with Crippen LogP contribution in [-0.4, -0.2) is 19.4 Å². The van der Waals surface area contributed by atoms with E-state index in [9.17, 15) is 0 Å². The molecule has 3 rings (SSSR count).